The zero-order valence-corrected chi connectivity index (χ0v) is 33.3. The average Bonchev–Trinajstić information content (AvgIpc) is 3.94. The van der Waals surface area contributed by atoms with Crippen LogP contribution in [0.1, 0.15) is 22.3 Å². The SMILES string of the molecule is c1ccc(-n2c3ccccc3c3ccc(N(c4ccc(-c5cccc6c5-c5ccccc5C65c6ccccc6-c6ccccc65)cc4)c4cccc5ccccc45)cc32)cc1. The molecule has 11 aromatic rings. The normalized spacial score (nSPS) is 13.0. The molecule has 0 saturated heterocycles. The number of benzene rings is 10. The molecule has 61 heavy (non-hydrogen) atoms. The van der Waals surface area contributed by atoms with Crippen molar-refractivity contribution < 1.29 is 0 Å². The maximum Gasteiger partial charge on any atom is 0.0725 e. The fraction of sp³-hybridized carbons (Fsp3) is 0.0169. The van der Waals surface area contributed by atoms with Gasteiger partial charge in [-0.2, -0.15) is 0 Å². The first-order chi connectivity index (χ1) is 30.3. The van der Waals surface area contributed by atoms with Crippen LogP contribution in [0.25, 0.3) is 71.6 Å². The standard InChI is InChI=1S/C59H38N2/c1-2-18-41(19-3-1)61-56-30-13-9-23-48(56)49-37-36-43(38-57(49)61)60(55-31-14-17-39-16-4-5-20-44(39)55)42-34-32-40(33-35-42)45-25-15-29-54-58(45)50-24-8-12-28-53(50)59(54)51-26-10-6-21-46(51)47-22-7-11-27-52(47)59/h1-38H. The minimum absolute atomic E-state index is 0.374. The molecule has 1 spiro atoms. The summed E-state index contributed by atoms with van der Waals surface area (Å²) >= 11 is 0. The van der Waals surface area contributed by atoms with Gasteiger partial charge in [0.05, 0.1) is 22.1 Å². The Kier molecular flexibility index (Phi) is 7.26. The van der Waals surface area contributed by atoms with Crippen LogP contribution >= 0.6 is 0 Å². The van der Waals surface area contributed by atoms with Crippen LogP contribution in [0.4, 0.5) is 17.1 Å². The van der Waals surface area contributed by atoms with E-state index in [-0.39, 0.29) is 5.41 Å². The molecule has 0 fully saturated rings. The highest BCUT2D eigenvalue weighted by atomic mass is 15.1. The molecule has 0 unspecified atom stereocenters. The van der Waals surface area contributed by atoms with E-state index in [2.05, 4.69) is 240 Å². The molecule has 10 aromatic carbocycles. The first-order valence-corrected chi connectivity index (χ1v) is 21.2. The summed E-state index contributed by atoms with van der Waals surface area (Å²) in [5.41, 5.74) is 19.7. The highest BCUT2D eigenvalue weighted by Gasteiger charge is 2.51. The van der Waals surface area contributed by atoms with E-state index >= 15 is 0 Å². The lowest BCUT2D eigenvalue weighted by Crippen LogP contribution is -2.25. The Morgan fingerprint density at radius 2 is 0.885 bits per heavy atom. The summed E-state index contributed by atoms with van der Waals surface area (Å²) in [5, 5.41) is 4.90. The van der Waals surface area contributed by atoms with Gasteiger partial charge < -0.3 is 9.47 Å². The van der Waals surface area contributed by atoms with Gasteiger partial charge in [0.2, 0.25) is 0 Å². The summed E-state index contributed by atoms with van der Waals surface area (Å²) in [6, 6.07) is 85.2. The molecule has 2 aliphatic rings. The van der Waals surface area contributed by atoms with Crippen LogP contribution < -0.4 is 4.90 Å². The van der Waals surface area contributed by atoms with Crippen molar-refractivity contribution in [3.8, 4) is 39.1 Å². The zero-order valence-electron chi connectivity index (χ0n) is 33.3. The molecule has 0 aliphatic heterocycles. The van der Waals surface area contributed by atoms with Crippen molar-refractivity contribution in [1.82, 2.24) is 4.57 Å². The second kappa shape index (κ2) is 13.0. The number of nitrogens with zero attached hydrogens (tertiary/aromatic N) is 2. The van der Waals surface area contributed by atoms with Gasteiger partial charge in [0.25, 0.3) is 0 Å². The quantitative estimate of drug-likeness (QED) is 0.169. The molecule has 0 bridgehead atoms. The molecule has 0 N–H and O–H groups in total. The van der Waals surface area contributed by atoms with Gasteiger partial charge in [0.1, 0.15) is 0 Å². The lowest BCUT2D eigenvalue weighted by atomic mass is 9.70. The van der Waals surface area contributed by atoms with Crippen LogP contribution in [0.3, 0.4) is 0 Å². The van der Waals surface area contributed by atoms with Crippen LogP contribution in [0.15, 0.2) is 231 Å². The molecule has 1 aromatic heterocycles. The Morgan fingerprint density at radius 1 is 0.344 bits per heavy atom. The molecule has 1 heterocycles. The van der Waals surface area contributed by atoms with Crippen LogP contribution in [0.2, 0.25) is 0 Å². The maximum atomic E-state index is 2.44. The molecule has 2 nitrogen and oxygen atoms in total. The van der Waals surface area contributed by atoms with Crippen LogP contribution in [-0.4, -0.2) is 4.57 Å². The van der Waals surface area contributed by atoms with Crippen molar-refractivity contribution in [2.24, 2.45) is 0 Å². The summed E-state index contributed by atoms with van der Waals surface area (Å²) < 4.78 is 2.40. The second-order valence-electron chi connectivity index (χ2n) is 16.4. The highest BCUT2D eigenvalue weighted by Crippen LogP contribution is 2.64. The van der Waals surface area contributed by atoms with E-state index in [0.717, 1.165) is 22.7 Å². The van der Waals surface area contributed by atoms with Crippen molar-refractivity contribution in [2.75, 3.05) is 4.90 Å². The average molecular weight is 775 g/mol. The highest BCUT2D eigenvalue weighted by molar-refractivity contribution is 6.11. The molecule has 0 saturated carbocycles. The molecule has 2 heteroatoms. The topological polar surface area (TPSA) is 8.17 Å². The summed E-state index contributed by atoms with van der Waals surface area (Å²) in [5.74, 6) is 0. The van der Waals surface area contributed by atoms with Gasteiger partial charge in [-0.1, -0.05) is 182 Å². The zero-order chi connectivity index (χ0) is 40.1. The number of aromatic nitrogens is 1. The Balaban J connectivity index is 1.01. The van der Waals surface area contributed by atoms with E-state index < -0.39 is 0 Å². The van der Waals surface area contributed by atoms with E-state index in [9.17, 15) is 0 Å². The number of rotatable bonds is 5. The Morgan fingerprint density at radius 3 is 1.66 bits per heavy atom. The molecule has 0 amide bonds. The maximum absolute atomic E-state index is 2.44. The van der Waals surface area contributed by atoms with E-state index in [0.29, 0.717) is 0 Å². The van der Waals surface area contributed by atoms with Gasteiger partial charge in [0.15, 0.2) is 0 Å². The third-order valence-corrected chi connectivity index (χ3v) is 13.4. The third-order valence-electron chi connectivity index (χ3n) is 13.4. The Hall–Kier alpha value is -7.94. The molecule has 0 radical (unpaired) electrons. The molecular weight excluding hydrogens is 737 g/mol. The number of hydrogen-bond donors (Lipinski definition) is 0. The first-order valence-electron chi connectivity index (χ1n) is 21.2. The summed E-state index contributed by atoms with van der Waals surface area (Å²) in [7, 11) is 0. The van der Waals surface area contributed by atoms with Gasteiger partial charge in [-0.3, -0.25) is 0 Å². The predicted octanol–water partition coefficient (Wildman–Crippen LogP) is 15.4. The molecule has 284 valence electrons. The number of para-hydroxylation sites is 2. The molecule has 0 atom stereocenters. The summed E-state index contributed by atoms with van der Waals surface area (Å²) in [6.07, 6.45) is 0. The van der Waals surface area contributed by atoms with Crippen molar-refractivity contribution in [2.45, 2.75) is 5.41 Å². The van der Waals surface area contributed by atoms with Gasteiger partial charge in [-0.05, 0) is 110 Å². The fourth-order valence-electron chi connectivity index (χ4n) is 11.0. The Labute approximate surface area is 354 Å². The monoisotopic (exact) mass is 774 g/mol. The minimum Gasteiger partial charge on any atom is -0.310 e. The molecule has 13 rings (SSSR count). The fourth-order valence-corrected chi connectivity index (χ4v) is 11.0. The minimum atomic E-state index is -0.374. The van der Waals surface area contributed by atoms with Crippen molar-refractivity contribution >= 4 is 49.6 Å². The molecular formula is C59H38N2. The van der Waals surface area contributed by atoms with Crippen LogP contribution in [0.5, 0.6) is 0 Å². The lowest BCUT2D eigenvalue weighted by molar-refractivity contribution is 0.794. The van der Waals surface area contributed by atoms with E-state index in [1.165, 1.54) is 88.2 Å². The van der Waals surface area contributed by atoms with Gasteiger partial charge in [-0.25, -0.2) is 0 Å². The Bertz CT molecular complexity index is 3490. The van der Waals surface area contributed by atoms with Gasteiger partial charge in [-0.15, -0.1) is 0 Å². The van der Waals surface area contributed by atoms with E-state index in [4.69, 9.17) is 0 Å². The number of anilines is 3. The summed E-state index contributed by atoms with van der Waals surface area (Å²) in [6.45, 7) is 0. The molecule has 2 aliphatic carbocycles. The van der Waals surface area contributed by atoms with Gasteiger partial charge >= 0.3 is 0 Å². The number of fused-ring (bicyclic) bond motifs is 14. The van der Waals surface area contributed by atoms with E-state index in [1.54, 1.807) is 0 Å². The second-order valence-corrected chi connectivity index (χ2v) is 16.4. The van der Waals surface area contributed by atoms with Crippen LogP contribution in [-0.2, 0) is 5.41 Å². The third kappa shape index (κ3) is 4.73. The predicted molar refractivity (Wildman–Crippen MR) is 255 cm³/mol. The number of hydrogen-bond acceptors (Lipinski definition) is 1. The largest absolute Gasteiger partial charge is 0.310 e. The van der Waals surface area contributed by atoms with Crippen molar-refractivity contribution in [1.29, 1.82) is 0 Å². The first kappa shape index (κ1) is 34.0. The van der Waals surface area contributed by atoms with Crippen molar-refractivity contribution in [3.05, 3.63) is 253 Å². The summed E-state index contributed by atoms with van der Waals surface area (Å²) in [4.78, 5) is 2.44. The lowest BCUT2D eigenvalue weighted by Gasteiger charge is -2.30. The van der Waals surface area contributed by atoms with Crippen molar-refractivity contribution in [3.63, 3.8) is 0 Å². The smallest absolute Gasteiger partial charge is 0.0725 e. The van der Waals surface area contributed by atoms with E-state index in [1.807, 2.05) is 0 Å². The van der Waals surface area contributed by atoms with Crippen LogP contribution in [0, 0.1) is 0 Å². The van der Waals surface area contributed by atoms with Gasteiger partial charge in [0, 0.05) is 33.2 Å².